The number of Topliss-reactive ketones (excluding diaryl/α,β-unsaturated/α-hetero) is 1. The van der Waals surface area contributed by atoms with Crippen molar-refractivity contribution in [3.63, 3.8) is 0 Å². The minimum absolute atomic E-state index is 0.000667. The Morgan fingerprint density at radius 1 is 0.732 bits per heavy atom. The lowest BCUT2D eigenvalue weighted by molar-refractivity contribution is -0.205. The van der Waals surface area contributed by atoms with Crippen molar-refractivity contribution in [2.45, 2.75) is 169 Å². The van der Waals surface area contributed by atoms with Crippen LogP contribution in [0, 0.1) is 86.8 Å². The Morgan fingerprint density at radius 3 is 2.42 bits per heavy atom. The molecule has 0 radical (unpaired) electrons. The largest absolute Gasteiger partial charge is 0.508 e. The number of hydrogen-bond donors (Lipinski definition) is 8. The van der Waals surface area contributed by atoms with Gasteiger partial charge in [-0.25, -0.2) is 0 Å². The molecule has 2 aliphatic heterocycles. The van der Waals surface area contributed by atoms with Crippen molar-refractivity contribution in [3.05, 3.63) is 183 Å². The Balaban J connectivity index is 0.789. The van der Waals surface area contributed by atoms with Gasteiger partial charge in [0.2, 0.25) is 0 Å². The summed E-state index contributed by atoms with van der Waals surface area (Å²) >= 11 is 0. The van der Waals surface area contributed by atoms with Gasteiger partial charge in [-0.15, -0.1) is 0 Å². The normalized spacial score (nSPS) is 37.7. The number of phenolic OH excluding ortho intramolecular Hbond substituents is 2. The summed E-state index contributed by atoms with van der Waals surface area (Å²) in [4.78, 5) is 32.8. The first kappa shape index (κ1) is 65.2. The zero-order chi connectivity index (χ0) is 66.2. The number of aromatic amines is 1. The van der Waals surface area contributed by atoms with Crippen LogP contribution in [0.15, 0.2) is 122 Å². The second kappa shape index (κ2) is 25.1. The summed E-state index contributed by atoms with van der Waals surface area (Å²) in [5.41, 5.74) is 19.9. The second-order valence-electron chi connectivity index (χ2n) is 32.0. The van der Waals surface area contributed by atoms with Gasteiger partial charge in [0.15, 0.2) is 23.1 Å². The third-order valence-corrected chi connectivity index (χ3v) is 33.2. The molecule has 2 spiro atoms. The number of benzene rings is 4. The van der Waals surface area contributed by atoms with Crippen LogP contribution < -0.4 is 16.2 Å². The smallest absolute Gasteiger partial charge is 0.165 e. The average molecular weight is 1380 g/mol. The number of ketones is 2. The Kier molecular flexibility index (Phi) is 16.9. The molecule has 0 amide bonds. The first-order chi connectivity index (χ1) is 47.0. The highest BCUT2D eigenvalue weighted by molar-refractivity contribution is 8.77. The van der Waals surface area contributed by atoms with E-state index >= 15 is 0 Å². The number of carbonyl (C=O) groups excluding carboxylic acids is 2. The van der Waals surface area contributed by atoms with Gasteiger partial charge in [0, 0.05) is 76.9 Å². The van der Waals surface area contributed by atoms with Crippen molar-refractivity contribution in [1.82, 2.24) is 4.98 Å². The fourth-order valence-electron chi connectivity index (χ4n) is 23.7. The molecule has 0 saturated heterocycles. The Bertz CT molecular complexity index is 4110. The monoisotopic (exact) mass is 1380 g/mol. The molecule has 7 fully saturated rings. The van der Waals surface area contributed by atoms with Crippen molar-refractivity contribution in [2.24, 2.45) is 86.4 Å². The molecule has 19 bridgehead atoms. The molecule has 11 nitrogen and oxygen atoms in total. The highest BCUT2D eigenvalue weighted by Gasteiger charge is 2.74. The highest BCUT2D eigenvalue weighted by atomic mass is 33.1. The number of aliphatic hydroxyl groups excluding tert-OH is 1. The molecule has 15 heteroatoms. The number of carbonyl (C=O) groups is 2. The number of H-pyrrole nitrogens is 1. The van der Waals surface area contributed by atoms with E-state index in [4.69, 9.17) is 16.2 Å². The average Bonchev–Trinajstić information content (AvgIpc) is 1.50. The molecule has 10 N–H and O–H groups in total. The van der Waals surface area contributed by atoms with E-state index in [0.717, 1.165) is 90.6 Å². The number of fused-ring (bicyclic) bond motifs is 15. The molecular weight excluding hydrogens is 1280 g/mol. The summed E-state index contributed by atoms with van der Waals surface area (Å²) in [6.45, 7) is 0.272. The molecule has 11 aliphatic carbocycles. The van der Waals surface area contributed by atoms with E-state index in [1.165, 1.54) is 43.2 Å². The number of aryl methyl sites for hydroxylation is 1. The maximum atomic E-state index is 15.0. The first-order valence-corrected chi connectivity index (χ1v) is 41.3. The van der Waals surface area contributed by atoms with Gasteiger partial charge in [-0.2, -0.15) is 0 Å². The zero-order valence-corrected chi connectivity index (χ0v) is 58.7. The Labute approximate surface area is 587 Å². The fraction of sp³-hybridized carbons (Fsp3) is 0.537. The number of rotatable bonds is 2. The van der Waals surface area contributed by atoms with Crippen LogP contribution >= 0.6 is 43.2 Å². The summed E-state index contributed by atoms with van der Waals surface area (Å²) < 4.78 is 6.37. The van der Waals surface area contributed by atoms with Crippen LogP contribution in [0.1, 0.15) is 187 Å². The lowest BCUT2D eigenvalue weighted by atomic mass is 9.44. The lowest BCUT2D eigenvalue weighted by Gasteiger charge is -2.62. The summed E-state index contributed by atoms with van der Waals surface area (Å²) in [7, 11) is 7.18. The molecule has 508 valence electrons. The maximum absolute atomic E-state index is 15.0. The predicted molar refractivity (Wildman–Crippen MR) is 389 cm³/mol. The van der Waals surface area contributed by atoms with Gasteiger partial charge in [-0.05, 0) is 240 Å². The van der Waals surface area contributed by atoms with E-state index in [2.05, 4.69) is 77.5 Å². The van der Waals surface area contributed by atoms with Crippen LogP contribution in [-0.4, -0.2) is 83.3 Å². The van der Waals surface area contributed by atoms with Gasteiger partial charge < -0.3 is 46.7 Å². The number of hydrogen-bond acceptors (Lipinski definition) is 14. The van der Waals surface area contributed by atoms with E-state index in [1.807, 2.05) is 64.1 Å². The van der Waals surface area contributed by atoms with Crippen LogP contribution in [0.25, 0.3) is 0 Å². The number of ether oxygens (including phenoxy) is 1. The lowest BCUT2D eigenvalue weighted by Crippen LogP contribution is -2.63. The second-order valence-corrected chi connectivity index (χ2v) is 37.1. The predicted octanol–water partition coefficient (Wildman–Crippen LogP) is 15.0. The number of aromatic hydroxyl groups is 2. The molecule has 17 atom stereocenters. The van der Waals surface area contributed by atoms with Crippen LogP contribution in [-0.2, 0) is 36.2 Å². The topological polar surface area (TPSA) is 212 Å². The molecule has 1 aromatic heterocycles. The number of nitrogens with two attached hydrogens (primary N) is 2. The van der Waals surface area contributed by atoms with Crippen molar-refractivity contribution < 1.29 is 39.9 Å². The van der Waals surface area contributed by atoms with Gasteiger partial charge in [-0.1, -0.05) is 147 Å². The third-order valence-electron chi connectivity index (χ3n) is 28.0. The molecule has 97 heavy (non-hydrogen) atoms. The molecule has 4 aromatic carbocycles. The van der Waals surface area contributed by atoms with E-state index in [0.29, 0.717) is 83.3 Å². The van der Waals surface area contributed by atoms with E-state index in [-0.39, 0.29) is 107 Å². The standard InChI is InChI=1S/C82H93N3O8S4/c83-76(84)61-37-50-7-5-9-67-59(23-32-85-67)70(90)40-62-60(50)38-53(61)44-94-95-45-56-41-78(27-21-57(87)15-10-48-12-17-69(89)71(35-48)93-33-24-49-11-16-68(88)63(62)34-49)47-81(56,91)74-19-14-55(78)42-80-31-30-79(66(46-96-97-74)64(43-86)58-8-2-1-6-51(58)39-73(79)80)29-20-54-36-52-13-18-72(80)82(54,92)65-22-28-77(75(52)65)25-3-4-26-77/h1-2,6,8,11-12,14,16-17,19,21,23,27,30-32,34-35,37-38,52,54-56,62,64-66,72-76,85-86,88-89,91-92H,3-4,9-10,13,15,18,20,22,24-26,28-29,33,36,39-47,83-84H2. The van der Waals surface area contributed by atoms with Crippen molar-refractivity contribution in [1.29, 1.82) is 0 Å². The van der Waals surface area contributed by atoms with E-state index in [1.54, 1.807) is 39.9 Å². The fourth-order valence-corrected chi connectivity index (χ4v) is 29.6. The molecule has 13 aliphatic rings. The molecule has 7 saturated carbocycles. The van der Waals surface area contributed by atoms with E-state index < -0.39 is 34.1 Å². The first-order valence-electron chi connectivity index (χ1n) is 36.4. The maximum Gasteiger partial charge on any atom is 0.165 e. The highest BCUT2D eigenvalue weighted by Crippen LogP contribution is 2.78. The van der Waals surface area contributed by atoms with Crippen LogP contribution in [0.4, 0.5) is 0 Å². The molecule has 3 heterocycles. The summed E-state index contributed by atoms with van der Waals surface area (Å²) in [6.07, 6.45) is 32.6. The number of allylic oxidation sites excluding steroid dienone is 5. The SMILES string of the molecule is NC(N)c1cc2c3cc1CSSCC1CC4(C=CC(=O)CCc5ccc(O)c(c5)OCCc5ccc(O)c(c5)C3CC(=O)c3cc[nH]c3CC#C2)CC1(O)C1C=CC4CC23C=CC4(CCC5CC6CCC2C5(O)C2CCC5(CCCC5)C62)C(CSS1)C(CO)c1ccccc1CC43. The molecule has 5 aromatic rings. The molecular formula is C82H93N3O8S4. The van der Waals surface area contributed by atoms with Gasteiger partial charge in [0.25, 0.3) is 0 Å². The number of aliphatic hydroxyl groups is 3. The van der Waals surface area contributed by atoms with Crippen molar-refractivity contribution in [3.8, 4) is 29.1 Å². The van der Waals surface area contributed by atoms with Crippen LogP contribution in [0.5, 0.6) is 17.2 Å². The van der Waals surface area contributed by atoms with Crippen LogP contribution in [0.2, 0.25) is 0 Å². The van der Waals surface area contributed by atoms with Gasteiger partial charge in [0.05, 0.1) is 42.3 Å². The number of phenols is 2. The third kappa shape index (κ3) is 10.6. The Morgan fingerprint density at radius 2 is 1.57 bits per heavy atom. The summed E-state index contributed by atoms with van der Waals surface area (Å²) in [6, 6.07) is 25.8. The van der Waals surface area contributed by atoms with Gasteiger partial charge in [-0.3, -0.25) is 9.59 Å². The molecule has 17 unspecified atom stereocenters. The number of aromatic nitrogens is 1. The zero-order valence-electron chi connectivity index (χ0n) is 55.5. The quantitative estimate of drug-likeness (QED) is 0.0358. The Hall–Kier alpha value is -5.12. The minimum atomic E-state index is -1.18. The van der Waals surface area contributed by atoms with Gasteiger partial charge in [0.1, 0.15) is 5.75 Å². The van der Waals surface area contributed by atoms with E-state index in [9.17, 15) is 35.1 Å². The van der Waals surface area contributed by atoms with Crippen molar-refractivity contribution >= 4 is 54.7 Å². The van der Waals surface area contributed by atoms with Gasteiger partial charge >= 0.3 is 0 Å². The summed E-state index contributed by atoms with van der Waals surface area (Å²) in [5.74, 6) is 10.1. The summed E-state index contributed by atoms with van der Waals surface area (Å²) in [5, 5.41) is 64.2. The van der Waals surface area contributed by atoms with Crippen molar-refractivity contribution in [2.75, 3.05) is 24.7 Å². The number of nitrogens with one attached hydrogen (secondary N) is 1. The molecule has 18 rings (SSSR count). The minimum Gasteiger partial charge on any atom is -0.508 e. The van der Waals surface area contributed by atoms with Crippen LogP contribution in [0.3, 0.4) is 0 Å².